The van der Waals surface area contributed by atoms with E-state index in [2.05, 4.69) is 33.0 Å². The Morgan fingerprint density at radius 1 is 0.947 bits per heavy atom. The second kappa shape index (κ2) is 4.73. The highest BCUT2D eigenvalue weighted by Gasteiger charge is 2.44. The summed E-state index contributed by atoms with van der Waals surface area (Å²) in [5.74, 6) is 0.865. The second-order valence-electron chi connectivity index (χ2n) is 8.85. The summed E-state index contributed by atoms with van der Waals surface area (Å²) in [6, 6.07) is 1.31. The Hall–Kier alpha value is -0.0800. The van der Waals surface area contributed by atoms with E-state index in [1.165, 1.54) is 38.5 Å². The Balaban J connectivity index is 1.62. The molecule has 0 radical (unpaired) electrons. The maximum Gasteiger partial charge on any atom is 0.0757 e. The third-order valence-corrected chi connectivity index (χ3v) is 5.23. The van der Waals surface area contributed by atoms with Gasteiger partial charge in [-0.2, -0.15) is 0 Å². The predicted octanol–water partition coefficient (Wildman–Crippen LogP) is 3.75. The number of ether oxygens (including phenoxy) is 1. The summed E-state index contributed by atoms with van der Waals surface area (Å²) in [4.78, 5) is 0. The first-order valence-electron chi connectivity index (χ1n) is 8.22. The van der Waals surface area contributed by atoms with Crippen LogP contribution < -0.4 is 5.32 Å². The van der Waals surface area contributed by atoms with Crippen LogP contribution in [-0.4, -0.2) is 24.8 Å². The van der Waals surface area contributed by atoms with Crippen molar-refractivity contribution in [2.24, 2.45) is 16.7 Å². The molecule has 3 fully saturated rings. The van der Waals surface area contributed by atoms with Gasteiger partial charge in [0.2, 0.25) is 0 Å². The van der Waals surface area contributed by atoms with Crippen molar-refractivity contribution in [3.05, 3.63) is 0 Å². The molecule has 0 amide bonds. The Morgan fingerprint density at radius 2 is 1.58 bits per heavy atom. The molecule has 2 atom stereocenters. The third-order valence-electron chi connectivity index (χ3n) is 5.23. The molecule has 1 heterocycles. The van der Waals surface area contributed by atoms with E-state index < -0.39 is 0 Å². The van der Waals surface area contributed by atoms with E-state index in [1.807, 2.05) is 0 Å². The Labute approximate surface area is 118 Å². The number of hydrogen-bond acceptors (Lipinski definition) is 2. The molecule has 2 aliphatic carbocycles. The van der Waals surface area contributed by atoms with Gasteiger partial charge in [0.25, 0.3) is 0 Å². The molecule has 2 unspecified atom stereocenters. The normalized spacial score (nSPS) is 38.5. The zero-order valence-electron chi connectivity index (χ0n) is 13.2. The average molecular weight is 265 g/mol. The third kappa shape index (κ3) is 3.33. The van der Waals surface area contributed by atoms with Crippen LogP contribution in [0.3, 0.4) is 0 Å². The van der Waals surface area contributed by atoms with E-state index in [0.717, 1.165) is 12.5 Å². The fourth-order valence-electron chi connectivity index (χ4n) is 4.95. The summed E-state index contributed by atoms with van der Waals surface area (Å²) >= 11 is 0. The van der Waals surface area contributed by atoms with Crippen molar-refractivity contribution < 1.29 is 4.74 Å². The summed E-state index contributed by atoms with van der Waals surface area (Å²) < 4.78 is 5.97. The quantitative estimate of drug-likeness (QED) is 0.839. The smallest absolute Gasteiger partial charge is 0.0757 e. The molecule has 0 spiro atoms. The standard InChI is InChI=1S/C17H31NO/c1-16(2)9-13(10-17(3,4)11-16)18-14-7-8-19-15(14)12-5-6-12/h12-15,18H,5-11H2,1-4H3. The molecule has 19 heavy (non-hydrogen) atoms. The Bertz CT molecular complexity index is 316. The molecule has 0 bridgehead atoms. The van der Waals surface area contributed by atoms with E-state index in [4.69, 9.17) is 4.74 Å². The van der Waals surface area contributed by atoms with Crippen LogP contribution in [0.15, 0.2) is 0 Å². The van der Waals surface area contributed by atoms with Gasteiger partial charge in [-0.3, -0.25) is 0 Å². The summed E-state index contributed by atoms with van der Waals surface area (Å²) in [7, 11) is 0. The molecule has 1 N–H and O–H groups in total. The lowest BCUT2D eigenvalue weighted by Gasteiger charge is -2.46. The number of rotatable bonds is 3. The van der Waals surface area contributed by atoms with Gasteiger partial charge in [0.05, 0.1) is 6.10 Å². The highest BCUT2D eigenvalue weighted by atomic mass is 16.5. The van der Waals surface area contributed by atoms with Gasteiger partial charge >= 0.3 is 0 Å². The molecule has 2 heteroatoms. The fraction of sp³-hybridized carbons (Fsp3) is 1.00. The highest BCUT2D eigenvalue weighted by Crippen LogP contribution is 2.46. The first-order chi connectivity index (χ1) is 8.85. The molecule has 0 aromatic rings. The van der Waals surface area contributed by atoms with Crippen LogP contribution in [0.1, 0.15) is 66.2 Å². The first kappa shape index (κ1) is 13.9. The lowest BCUT2D eigenvalue weighted by Crippen LogP contribution is -2.50. The van der Waals surface area contributed by atoms with E-state index >= 15 is 0 Å². The van der Waals surface area contributed by atoms with Crippen molar-refractivity contribution in [3.63, 3.8) is 0 Å². The number of nitrogens with one attached hydrogen (secondary N) is 1. The molecule has 0 aromatic heterocycles. The molecule has 1 saturated heterocycles. The van der Waals surface area contributed by atoms with E-state index in [0.29, 0.717) is 29.0 Å². The molecule has 110 valence electrons. The van der Waals surface area contributed by atoms with Gasteiger partial charge in [-0.05, 0) is 55.3 Å². The van der Waals surface area contributed by atoms with Crippen LogP contribution in [0.5, 0.6) is 0 Å². The molecular weight excluding hydrogens is 234 g/mol. The SMILES string of the molecule is CC1(C)CC(NC2CCOC2C2CC2)CC(C)(C)C1. The zero-order chi connectivity index (χ0) is 13.7. The van der Waals surface area contributed by atoms with Crippen molar-refractivity contribution in [1.29, 1.82) is 0 Å². The summed E-state index contributed by atoms with van der Waals surface area (Å²) in [6.07, 6.45) is 8.53. The Kier molecular flexibility index (Phi) is 3.46. The Morgan fingerprint density at radius 3 is 2.16 bits per heavy atom. The largest absolute Gasteiger partial charge is 0.376 e. The van der Waals surface area contributed by atoms with Gasteiger partial charge in [-0.1, -0.05) is 27.7 Å². The van der Waals surface area contributed by atoms with E-state index in [-0.39, 0.29) is 0 Å². The van der Waals surface area contributed by atoms with Crippen molar-refractivity contribution in [3.8, 4) is 0 Å². The summed E-state index contributed by atoms with van der Waals surface area (Å²) in [5, 5.41) is 3.98. The predicted molar refractivity (Wildman–Crippen MR) is 79.2 cm³/mol. The van der Waals surface area contributed by atoms with Crippen LogP contribution in [0.4, 0.5) is 0 Å². The van der Waals surface area contributed by atoms with Crippen LogP contribution >= 0.6 is 0 Å². The van der Waals surface area contributed by atoms with Gasteiger partial charge in [0.15, 0.2) is 0 Å². The maximum atomic E-state index is 5.97. The molecule has 3 rings (SSSR count). The number of hydrogen-bond donors (Lipinski definition) is 1. The van der Waals surface area contributed by atoms with Crippen LogP contribution in [0, 0.1) is 16.7 Å². The lowest BCUT2D eigenvalue weighted by atomic mass is 9.63. The molecule has 0 aromatic carbocycles. The minimum absolute atomic E-state index is 0.480. The van der Waals surface area contributed by atoms with Crippen LogP contribution in [-0.2, 0) is 4.74 Å². The van der Waals surface area contributed by atoms with Gasteiger partial charge in [0.1, 0.15) is 0 Å². The van der Waals surface area contributed by atoms with Crippen molar-refractivity contribution >= 4 is 0 Å². The van der Waals surface area contributed by atoms with Crippen LogP contribution in [0.2, 0.25) is 0 Å². The van der Waals surface area contributed by atoms with Gasteiger partial charge in [0, 0.05) is 18.7 Å². The topological polar surface area (TPSA) is 21.3 Å². The van der Waals surface area contributed by atoms with E-state index in [9.17, 15) is 0 Å². The maximum absolute atomic E-state index is 5.97. The van der Waals surface area contributed by atoms with Crippen molar-refractivity contribution in [2.45, 2.75) is 84.4 Å². The molecule has 3 aliphatic rings. The van der Waals surface area contributed by atoms with E-state index in [1.54, 1.807) is 0 Å². The van der Waals surface area contributed by atoms with Crippen molar-refractivity contribution in [2.75, 3.05) is 6.61 Å². The lowest BCUT2D eigenvalue weighted by molar-refractivity contribution is 0.0551. The van der Waals surface area contributed by atoms with Gasteiger partial charge in [-0.25, -0.2) is 0 Å². The van der Waals surface area contributed by atoms with Gasteiger partial charge in [-0.15, -0.1) is 0 Å². The zero-order valence-corrected chi connectivity index (χ0v) is 13.2. The monoisotopic (exact) mass is 265 g/mol. The summed E-state index contributed by atoms with van der Waals surface area (Å²) in [6.45, 7) is 10.7. The first-order valence-corrected chi connectivity index (χ1v) is 8.22. The fourth-order valence-corrected chi connectivity index (χ4v) is 4.95. The molecule has 2 saturated carbocycles. The molecule has 2 nitrogen and oxygen atoms in total. The van der Waals surface area contributed by atoms with Crippen molar-refractivity contribution in [1.82, 2.24) is 5.32 Å². The van der Waals surface area contributed by atoms with Gasteiger partial charge < -0.3 is 10.1 Å². The minimum atomic E-state index is 0.480. The highest BCUT2D eigenvalue weighted by molar-refractivity contribution is 4.98. The second-order valence-corrected chi connectivity index (χ2v) is 8.85. The van der Waals surface area contributed by atoms with Crippen LogP contribution in [0.25, 0.3) is 0 Å². The summed E-state index contributed by atoms with van der Waals surface area (Å²) in [5.41, 5.74) is 0.960. The molecular formula is C17H31NO. The minimum Gasteiger partial charge on any atom is -0.376 e. The average Bonchev–Trinajstić information content (AvgIpc) is 2.96. The molecule has 1 aliphatic heterocycles.